The predicted octanol–water partition coefficient (Wildman–Crippen LogP) is 2.52. The Morgan fingerprint density at radius 2 is 2.05 bits per heavy atom. The minimum atomic E-state index is -0.247. The summed E-state index contributed by atoms with van der Waals surface area (Å²) in [5.74, 6) is 1.94. The zero-order valence-electron chi connectivity index (χ0n) is 12.5. The van der Waals surface area contributed by atoms with E-state index in [1.54, 1.807) is 18.4 Å². The van der Waals surface area contributed by atoms with Crippen LogP contribution in [0.15, 0.2) is 34.9 Å². The average Bonchev–Trinajstić information content (AvgIpc) is 3.17. The van der Waals surface area contributed by atoms with Gasteiger partial charge in [-0.2, -0.15) is 0 Å². The third-order valence-electron chi connectivity index (χ3n) is 4.82. The van der Waals surface area contributed by atoms with E-state index < -0.39 is 0 Å². The fourth-order valence-electron chi connectivity index (χ4n) is 3.59. The number of benzene rings is 1. The first kappa shape index (κ1) is 13.9. The zero-order chi connectivity index (χ0) is 14.9. The van der Waals surface area contributed by atoms with Crippen molar-refractivity contribution in [2.45, 2.75) is 13.0 Å². The number of fused-ring (bicyclic) bond motifs is 1. The van der Waals surface area contributed by atoms with Crippen LogP contribution in [0.3, 0.4) is 0 Å². The van der Waals surface area contributed by atoms with Crippen LogP contribution in [0.2, 0.25) is 0 Å². The highest BCUT2D eigenvalue weighted by atomic mass is 19.1. The highest BCUT2D eigenvalue weighted by Crippen LogP contribution is 2.27. The Morgan fingerprint density at radius 3 is 2.91 bits per heavy atom. The number of rotatable bonds is 3. The van der Waals surface area contributed by atoms with Gasteiger partial charge in [-0.25, -0.2) is 9.37 Å². The van der Waals surface area contributed by atoms with E-state index in [9.17, 15) is 4.39 Å². The summed E-state index contributed by atoms with van der Waals surface area (Å²) in [4.78, 5) is 7.00. The molecule has 2 aromatic rings. The van der Waals surface area contributed by atoms with E-state index in [0.29, 0.717) is 5.89 Å². The largest absolute Gasteiger partial charge is 0.444 e. The van der Waals surface area contributed by atoms with Gasteiger partial charge in [0, 0.05) is 18.7 Å². The van der Waals surface area contributed by atoms with Crippen LogP contribution in [-0.2, 0) is 6.54 Å². The summed E-state index contributed by atoms with van der Waals surface area (Å²) in [5, 5.41) is 3.49. The lowest BCUT2D eigenvalue weighted by Gasteiger charge is -2.33. The molecule has 2 atom stereocenters. The van der Waals surface area contributed by atoms with Crippen molar-refractivity contribution < 1.29 is 8.81 Å². The minimum absolute atomic E-state index is 0.247. The quantitative estimate of drug-likeness (QED) is 0.946. The van der Waals surface area contributed by atoms with Crippen LogP contribution >= 0.6 is 0 Å². The van der Waals surface area contributed by atoms with Crippen molar-refractivity contribution in [2.75, 3.05) is 26.2 Å². The summed E-state index contributed by atoms with van der Waals surface area (Å²) in [5.41, 5.74) is 1.76. The topological polar surface area (TPSA) is 41.3 Å². The van der Waals surface area contributed by atoms with Gasteiger partial charge in [0.2, 0.25) is 5.89 Å². The van der Waals surface area contributed by atoms with Crippen LogP contribution < -0.4 is 5.32 Å². The molecular weight excluding hydrogens is 281 g/mol. The van der Waals surface area contributed by atoms with Crippen LogP contribution in [0.4, 0.5) is 4.39 Å². The number of likely N-dealkylation sites (tertiary alicyclic amines) is 1. The van der Waals surface area contributed by atoms with E-state index in [1.165, 1.54) is 25.1 Å². The van der Waals surface area contributed by atoms with Gasteiger partial charge in [-0.1, -0.05) is 0 Å². The Morgan fingerprint density at radius 1 is 1.23 bits per heavy atom. The molecule has 1 N–H and O–H groups in total. The summed E-state index contributed by atoms with van der Waals surface area (Å²) in [6, 6.07) is 6.25. The summed E-state index contributed by atoms with van der Waals surface area (Å²) in [6.45, 7) is 5.41. The maximum absolute atomic E-state index is 13.0. The molecule has 0 amide bonds. The second-order valence-corrected chi connectivity index (χ2v) is 6.35. The fraction of sp³-hybridized carbons (Fsp3) is 0.471. The normalized spacial score (nSPS) is 25.3. The first-order valence-corrected chi connectivity index (χ1v) is 7.91. The third kappa shape index (κ3) is 2.78. The van der Waals surface area contributed by atoms with Gasteiger partial charge in [0.25, 0.3) is 0 Å². The predicted molar refractivity (Wildman–Crippen MR) is 81.6 cm³/mol. The molecule has 0 saturated carbocycles. The van der Waals surface area contributed by atoms with Crippen molar-refractivity contribution in [2.24, 2.45) is 11.8 Å². The molecule has 2 fully saturated rings. The number of nitrogens with zero attached hydrogens (tertiary/aromatic N) is 2. The molecule has 0 bridgehead atoms. The van der Waals surface area contributed by atoms with Crippen LogP contribution in [0.1, 0.15) is 12.1 Å². The minimum Gasteiger partial charge on any atom is -0.444 e. The molecule has 2 aliphatic heterocycles. The SMILES string of the molecule is Fc1ccc(-c2nc(CN3CCC4CNCC4C3)co2)cc1. The molecule has 0 aliphatic carbocycles. The summed E-state index contributed by atoms with van der Waals surface area (Å²) >= 11 is 0. The highest BCUT2D eigenvalue weighted by molar-refractivity contribution is 5.52. The molecular formula is C17H20FN3O. The number of halogens is 1. The van der Waals surface area contributed by atoms with Gasteiger partial charge in [-0.05, 0) is 62.2 Å². The number of hydrogen-bond donors (Lipinski definition) is 1. The first-order valence-electron chi connectivity index (χ1n) is 7.91. The van der Waals surface area contributed by atoms with Crippen molar-refractivity contribution in [3.05, 3.63) is 42.0 Å². The van der Waals surface area contributed by atoms with Gasteiger partial charge >= 0.3 is 0 Å². The van der Waals surface area contributed by atoms with E-state index >= 15 is 0 Å². The Balaban J connectivity index is 1.42. The third-order valence-corrected chi connectivity index (χ3v) is 4.82. The van der Waals surface area contributed by atoms with Crippen molar-refractivity contribution in [3.63, 3.8) is 0 Å². The summed E-state index contributed by atoms with van der Waals surface area (Å²) in [7, 11) is 0. The highest BCUT2D eigenvalue weighted by Gasteiger charge is 2.32. The standard InChI is InChI=1S/C17H20FN3O/c18-15-3-1-12(2-4-15)17-20-16(11-22-17)10-21-6-5-13-7-19-8-14(13)9-21/h1-4,11,13-14,19H,5-10H2. The van der Waals surface area contributed by atoms with E-state index in [4.69, 9.17) is 4.42 Å². The average molecular weight is 301 g/mol. The lowest BCUT2D eigenvalue weighted by Crippen LogP contribution is -2.39. The second kappa shape index (κ2) is 5.82. The van der Waals surface area contributed by atoms with Crippen LogP contribution in [0.25, 0.3) is 11.5 Å². The van der Waals surface area contributed by atoms with Crippen LogP contribution in [0, 0.1) is 17.7 Å². The number of nitrogens with one attached hydrogen (secondary N) is 1. The molecule has 1 aromatic heterocycles. The number of oxazole rings is 1. The molecule has 116 valence electrons. The molecule has 5 heteroatoms. The zero-order valence-corrected chi connectivity index (χ0v) is 12.5. The van der Waals surface area contributed by atoms with Crippen LogP contribution in [0.5, 0.6) is 0 Å². The maximum atomic E-state index is 13.0. The number of piperidine rings is 1. The van der Waals surface area contributed by atoms with Gasteiger partial charge in [0.1, 0.15) is 12.1 Å². The van der Waals surface area contributed by atoms with E-state index in [2.05, 4.69) is 15.2 Å². The van der Waals surface area contributed by atoms with E-state index in [-0.39, 0.29) is 5.82 Å². The molecule has 2 unspecified atom stereocenters. The molecule has 2 saturated heterocycles. The maximum Gasteiger partial charge on any atom is 0.226 e. The Bertz CT molecular complexity index is 640. The lowest BCUT2D eigenvalue weighted by molar-refractivity contribution is 0.141. The van der Waals surface area contributed by atoms with E-state index in [1.807, 2.05) is 0 Å². The molecule has 2 aliphatic rings. The van der Waals surface area contributed by atoms with Gasteiger partial charge in [0.15, 0.2) is 0 Å². The van der Waals surface area contributed by atoms with Gasteiger partial charge in [-0.3, -0.25) is 4.90 Å². The Hall–Kier alpha value is -1.72. The van der Waals surface area contributed by atoms with Gasteiger partial charge in [-0.15, -0.1) is 0 Å². The van der Waals surface area contributed by atoms with Crippen molar-refractivity contribution >= 4 is 0 Å². The van der Waals surface area contributed by atoms with Crippen molar-refractivity contribution in [1.29, 1.82) is 0 Å². The molecule has 22 heavy (non-hydrogen) atoms. The van der Waals surface area contributed by atoms with Crippen molar-refractivity contribution in [3.8, 4) is 11.5 Å². The smallest absolute Gasteiger partial charge is 0.226 e. The second-order valence-electron chi connectivity index (χ2n) is 6.35. The monoisotopic (exact) mass is 301 g/mol. The fourth-order valence-corrected chi connectivity index (χ4v) is 3.59. The van der Waals surface area contributed by atoms with Gasteiger partial charge < -0.3 is 9.73 Å². The molecule has 4 nitrogen and oxygen atoms in total. The van der Waals surface area contributed by atoms with Gasteiger partial charge in [0.05, 0.1) is 5.69 Å². The van der Waals surface area contributed by atoms with E-state index in [0.717, 1.165) is 49.3 Å². The molecule has 3 heterocycles. The Kier molecular flexibility index (Phi) is 3.68. The molecule has 4 rings (SSSR count). The summed E-state index contributed by atoms with van der Waals surface area (Å²) in [6.07, 6.45) is 2.98. The molecule has 0 spiro atoms. The summed E-state index contributed by atoms with van der Waals surface area (Å²) < 4.78 is 18.5. The Labute approximate surface area is 129 Å². The molecule has 1 aromatic carbocycles. The lowest BCUT2D eigenvalue weighted by atomic mass is 9.89. The number of aromatic nitrogens is 1. The van der Waals surface area contributed by atoms with Crippen LogP contribution in [-0.4, -0.2) is 36.1 Å². The molecule has 0 radical (unpaired) electrons. The first-order chi connectivity index (χ1) is 10.8. The van der Waals surface area contributed by atoms with Crippen molar-refractivity contribution in [1.82, 2.24) is 15.2 Å². The number of hydrogen-bond acceptors (Lipinski definition) is 4.